The minimum Gasteiger partial charge on any atom is -0.363 e. The molecule has 1 saturated heterocycles. The monoisotopic (exact) mass is 428 g/mol. The summed E-state index contributed by atoms with van der Waals surface area (Å²) >= 11 is 0. The van der Waals surface area contributed by atoms with E-state index in [2.05, 4.69) is 76.8 Å². The van der Waals surface area contributed by atoms with Crippen molar-refractivity contribution in [2.75, 3.05) is 18.4 Å². The maximum Gasteiger partial charge on any atom is 0.168 e. The number of carbonyl (C=O) groups is 1. The molecule has 3 aromatic rings. The molecule has 166 valence electrons. The van der Waals surface area contributed by atoms with E-state index in [1.54, 1.807) is 6.20 Å². The molecule has 3 heterocycles. The Kier molecular flexibility index (Phi) is 6.08. The molecule has 2 unspecified atom stereocenters. The highest BCUT2D eigenvalue weighted by Crippen LogP contribution is 2.37. The second-order valence-electron chi connectivity index (χ2n) is 9.38. The quantitative estimate of drug-likeness (QED) is 0.528. The number of ketones is 1. The zero-order valence-corrected chi connectivity index (χ0v) is 18.8. The molecule has 2 aliphatic rings. The molecule has 0 spiro atoms. The Hall–Kier alpha value is -2.92. The molecule has 0 saturated carbocycles. The van der Waals surface area contributed by atoms with Gasteiger partial charge in [0.15, 0.2) is 5.78 Å². The summed E-state index contributed by atoms with van der Waals surface area (Å²) in [5.74, 6) is 1.57. The Morgan fingerprint density at radius 3 is 2.44 bits per heavy atom. The lowest BCUT2D eigenvalue weighted by atomic mass is 9.89. The van der Waals surface area contributed by atoms with Gasteiger partial charge < -0.3 is 5.32 Å². The Morgan fingerprint density at radius 1 is 1.03 bits per heavy atom. The van der Waals surface area contributed by atoms with Crippen LogP contribution in [0.1, 0.15) is 66.2 Å². The van der Waals surface area contributed by atoms with E-state index in [4.69, 9.17) is 0 Å². The van der Waals surface area contributed by atoms with Crippen molar-refractivity contribution >= 4 is 11.6 Å². The van der Waals surface area contributed by atoms with Crippen molar-refractivity contribution in [3.8, 4) is 0 Å². The van der Waals surface area contributed by atoms with Crippen LogP contribution in [-0.2, 0) is 6.54 Å². The normalized spacial score (nSPS) is 21.7. The number of aromatic nitrogens is 2. The number of benzene rings is 2. The standard InChI is InChI=1S/C27H32N4O/c1-20-16-25(23-10-6-3-7-11-23)29-27-24(18-28-31(20)27)26(32)17-21-12-14-30(15-13-21)19-22-8-4-2-5-9-22/h2-11,18,20-21,25,29H,12-17,19H2,1H3. The Morgan fingerprint density at radius 2 is 1.72 bits per heavy atom. The van der Waals surface area contributed by atoms with Crippen LogP contribution < -0.4 is 5.32 Å². The zero-order valence-electron chi connectivity index (χ0n) is 18.8. The molecular weight excluding hydrogens is 396 g/mol. The number of nitrogens with one attached hydrogen (secondary N) is 1. The number of Topliss-reactive ketones (excluding diaryl/α,β-unsaturated/α-hetero) is 1. The molecule has 5 rings (SSSR count). The molecule has 5 heteroatoms. The van der Waals surface area contributed by atoms with Crippen LogP contribution >= 0.6 is 0 Å². The fourth-order valence-corrected chi connectivity index (χ4v) is 5.18. The van der Waals surface area contributed by atoms with Crippen molar-refractivity contribution in [3.05, 3.63) is 83.6 Å². The third-order valence-corrected chi connectivity index (χ3v) is 7.03. The van der Waals surface area contributed by atoms with Crippen molar-refractivity contribution in [2.24, 2.45) is 5.92 Å². The number of rotatable bonds is 6. The van der Waals surface area contributed by atoms with Crippen molar-refractivity contribution < 1.29 is 4.79 Å². The van der Waals surface area contributed by atoms with Gasteiger partial charge in [-0.1, -0.05) is 60.7 Å². The SMILES string of the molecule is CC1CC(c2ccccc2)Nc2c(C(=O)CC3CCN(Cc4ccccc4)CC3)cnn21. The first kappa shape index (κ1) is 21.0. The minimum absolute atomic E-state index is 0.211. The Labute approximate surface area is 190 Å². The third kappa shape index (κ3) is 4.49. The molecule has 2 aromatic carbocycles. The molecule has 5 nitrogen and oxygen atoms in total. The van der Waals surface area contributed by atoms with E-state index in [0.29, 0.717) is 12.3 Å². The van der Waals surface area contributed by atoms with E-state index >= 15 is 0 Å². The van der Waals surface area contributed by atoms with Crippen LogP contribution in [0.5, 0.6) is 0 Å². The number of piperidine rings is 1. The molecule has 0 radical (unpaired) electrons. The molecule has 0 bridgehead atoms. The van der Waals surface area contributed by atoms with Crippen LogP contribution in [0.25, 0.3) is 0 Å². The maximum absolute atomic E-state index is 13.3. The highest BCUT2D eigenvalue weighted by molar-refractivity contribution is 6.00. The molecule has 2 aliphatic heterocycles. The lowest BCUT2D eigenvalue weighted by molar-refractivity contribution is 0.0925. The van der Waals surface area contributed by atoms with Crippen molar-refractivity contribution in [2.45, 2.75) is 51.2 Å². The second-order valence-corrected chi connectivity index (χ2v) is 9.38. The first-order chi connectivity index (χ1) is 15.7. The summed E-state index contributed by atoms with van der Waals surface area (Å²) in [6, 6.07) is 21.6. The predicted molar refractivity (Wildman–Crippen MR) is 128 cm³/mol. The maximum atomic E-state index is 13.3. The number of hydrogen-bond donors (Lipinski definition) is 1. The topological polar surface area (TPSA) is 50.2 Å². The van der Waals surface area contributed by atoms with Crippen molar-refractivity contribution in [1.82, 2.24) is 14.7 Å². The van der Waals surface area contributed by atoms with E-state index in [-0.39, 0.29) is 17.9 Å². The summed E-state index contributed by atoms with van der Waals surface area (Å²) in [5.41, 5.74) is 3.38. The van der Waals surface area contributed by atoms with Gasteiger partial charge >= 0.3 is 0 Å². The largest absolute Gasteiger partial charge is 0.363 e. The highest BCUT2D eigenvalue weighted by Gasteiger charge is 2.30. The van der Waals surface area contributed by atoms with E-state index in [1.165, 1.54) is 11.1 Å². The first-order valence-electron chi connectivity index (χ1n) is 11.9. The lowest BCUT2D eigenvalue weighted by Gasteiger charge is -2.32. The smallest absolute Gasteiger partial charge is 0.168 e. The highest BCUT2D eigenvalue weighted by atomic mass is 16.1. The van der Waals surface area contributed by atoms with E-state index in [0.717, 1.165) is 50.3 Å². The number of nitrogens with zero attached hydrogens (tertiary/aromatic N) is 3. The van der Waals surface area contributed by atoms with Gasteiger partial charge in [-0.2, -0.15) is 5.10 Å². The van der Waals surface area contributed by atoms with Gasteiger partial charge in [-0.05, 0) is 56.3 Å². The fourth-order valence-electron chi connectivity index (χ4n) is 5.18. The Bertz CT molecular complexity index is 1040. The van der Waals surface area contributed by atoms with Gasteiger partial charge in [-0.3, -0.25) is 9.69 Å². The summed E-state index contributed by atoms with van der Waals surface area (Å²) in [6.45, 7) is 5.31. The Balaban J connectivity index is 1.21. The van der Waals surface area contributed by atoms with E-state index in [9.17, 15) is 4.79 Å². The van der Waals surface area contributed by atoms with Crippen LogP contribution in [0.2, 0.25) is 0 Å². The van der Waals surface area contributed by atoms with Gasteiger partial charge in [0.25, 0.3) is 0 Å². The van der Waals surface area contributed by atoms with E-state index < -0.39 is 0 Å². The fraction of sp³-hybridized carbons (Fsp3) is 0.407. The van der Waals surface area contributed by atoms with Gasteiger partial charge in [0.1, 0.15) is 5.82 Å². The number of hydrogen-bond acceptors (Lipinski definition) is 4. The number of fused-ring (bicyclic) bond motifs is 1. The molecule has 0 aliphatic carbocycles. The molecule has 0 amide bonds. The molecule has 2 atom stereocenters. The van der Waals surface area contributed by atoms with Crippen LogP contribution in [0.4, 0.5) is 5.82 Å². The summed E-state index contributed by atoms with van der Waals surface area (Å²) < 4.78 is 2.00. The number of carbonyl (C=O) groups excluding carboxylic acids is 1. The summed E-state index contributed by atoms with van der Waals surface area (Å²) in [7, 11) is 0. The van der Waals surface area contributed by atoms with Gasteiger partial charge in [0.05, 0.1) is 23.8 Å². The molecule has 1 fully saturated rings. The van der Waals surface area contributed by atoms with Crippen LogP contribution in [0, 0.1) is 5.92 Å². The summed E-state index contributed by atoms with van der Waals surface area (Å²) in [6.07, 6.45) is 5.52. The minimum atomic E-state index is 0.211. The third-order valence-electron chi connectivity index (χ3n) is 7.03. The number of anilines is 1. The zero-order chi connectivity index (χ0) is 21.9. The van der Waals surface area contributed by atoms with Crippen LogP contribution in [0.3, 0.4) is 0 Å². The van der Waals surface area contributed by atoms with Gasteiger partial charge in [-0.25, -0.2) is 4.68 Å². The summed E-state index contributed by atoms with van der Waals surface area (Å²) in [4.78, 5) is 15.8. The van der Waals surface area contributed by atoms with Gasteiger partial charge in [-0.15, -0.1) is 0 Å². The lowest BCUT2D eigenvalue weighted by Crippen LogP contribution is -2.34. The molecule has 1 N–H and O–H groups in total. The average Bonchev–Trinajstić information content (AvgIpc) is 3.26. The second kappa shape index (κ2) is 9.29. The van der Waals surface area contributed by atoms with Crippen molar-refractivity contribution in [1.29, 1.82) is 0 Å². The van der Waals surface area contributed by atoms with Gasteiger partial charge in [0, 0.05) is 13.0 Å². The molecule has 32 heavy (non-hydrogen) atoms. The summed E-state index contributed by atoms with van der Waals surface area (Å²) in [5, 5.41) is 8.18. The predicted octanol–water partition coefficient (Wildman–Crippen LogP) is 5.49. The van der Waals surface area contributed by atoms with Crippen LogP contribution in [0.15, 0.2) is 66.9 Å². The average molecular weight is 429 g/mol. The van der Waals surface area contributed by atoms with Crippen molar-refractivity contribution in [3.63, 3.8) is 0 Å². The van der Waals surface area contributed by atoms with Gasteiger partial charge in [0.2, 0.25) is 0 Å². The molecule has 1 aromatic heterocycles. The van der Waals surface area contributed by atoms with Crippen LogP contribution in [-0.4, -0.2) is 33.6 Å². The molecular formula is C27H32N4O. The van der Waals surface area contributed by atoms with E-state index in [1.807, 2.05) is 10.7 Å². The number of likely N-dealkylation sites (tertiary alicyclic amines) is 1. The first-order valence-corrected chi connectivity index (χ1v) is 11.9.